The van der Waals surface area contributed by atoms with E-state index >= 15 is 0 Å². The van der Waals surface area contributed by atoms with Crippen LogP contribution in [0.1, 0.15) is 18.3 Å². The smallest absolute Gasteiger partial charge is 0.164 e. The normalized spacial score (nSPS) is 10.1. The van der Waals surface area contributed by atoms with E-state index in [4.69, 9.17) is 9.47 Å². The van der Waals surface area contributed by atoms with Crippen LogP contribution in [0.2, 0.25) is 0 Å². The topological polar surface area (TPSA) is 44.2 Å². The van der Waals surface area contributed by atoms with E-state index < -0.39 is 0 Å². The van der Waals surface area contributed by atoms with Gasteiger partial charge in [-0.2, -0.15) is 0 Å². The molecule has 0 atom stereocenters. The summed E-state index contributed by atoms with van der Waals surface area (Å²) in [5.74, 6) is 0.742. The van der Waals surface area contributed by atoms with E-state index in [2.05, 4.69) is 9.97 Å². The highest BCUT2D eigenvalue weighted by molar-refractivity contribution is 5.31. The van der Waals surface area contributed by atoms with Gasteiger partial charge in [0.2, 0.25) is 0 Å². The quantitative estimate of drug-likeness (QED) is 0.701. The van der Waals surface area contributed by atoms with Crippen LogP contribution in [0, 0.1) is 0 Å². The summed E-state index contributed by atoms with van der Waals surface area (Å²) in [5, 5.41) is 0. The van der Waals surface area contributed by atoms with Crippen molar-refractivity contribution in [3.8, 4) is 5.75 Å². The van der Waals surface area contributed by atoms with E-state index in [1.54, 1.807) is 14.2 Å². The van der Waals surface area contributed by atoms with Crippen molar-refractivity contribution in [3.63, 3.8) is 0 Å². The molecule has 1 aromatic heterocycles. The summed E-state index contributed by atoms with van der Waals surface area (Å²) in [7, 11) is 3.25. The molecule has 0 spiro atoms. The van der Waals surface area contributed by atoms with Gasteiger partial charge in [-0.25, -0.2) is 9.97 Å². The van der Waals surface area contributed by atoms with Gasteiger partial charge in [0.1, 0.15) is 12.0 Å². The zero-order valence-corrected chi connectivity index (χ0v) is 8.20. The van der Waals surface area contributed by atoms with Crippen molar-refractivity contribution in [2.24, 2.45) is 0 Å². The number of ether oxygens (including phenoxy) is 2. The summed E-state index contributed by atoms with van der Waals surface area (Å²) < 4.78 is 10.2. The lowest BCUT2D eigenvalue weighted by atomic mass is 10.2. The van der Waals surface area contributed by atoms with Gasteiger partial charge in [0.05, 0.1) is 19.4 Å². The molecule has 0 saturated heterocycles. The first-order chi connectivity index (χ1) is 6.33. The average Bonchev–Trinajstić information content (AvgIpc) is 2.18. The molecule has 0 N–H and O–H groups in total. The lowest BCUT2D eigenvalue weighted by Crippen LogP contribution is -2.02. The second kappa shape index (κ2) is 4.77. The molecule has 1 heterocycles. The standard InChI is InChI=1S/C9H14N2O2/c1-4-7-9(13-3)8(5-12-2)11-6-10-7/h6H,4-5H2,1-3H3. The predicted molar refractivity (Wildman–Crippen MR) is 48.7 cm³/mol. The first-order valence-electron chi connectivity index (χ1n) is 4.19. The summed E-state index contributed by atoms with van der Waals surface area (Å²) in [6.07, 6.45) is 2.37. The molecule has 0 fully saturated rings. The molecule has 1 rings (SSSR count). The van der Waals surface area contributed by atoms with Crippen LogP contribution in [-0.4, -0.2) is 24.2 Å². The fourth-order valence-electron chi connectivity index (χ4n) is 1.18. The largest absolute Gasteiger partial charge is 0.493 e. The molecule has 0 saturated carbocycles. The maximum absolute atomic E-state index is 5.21. The Balaban J connectivity index is 3.03. The van der Waals surface area contributed by atoms with Gasteiger partial charge in [0.25, 0.3) is 0 Å². The van der Waals surface area contributed by atoms with Gasteiger partial charge in [-0.05, 0) is 6.42 Å². The third kappa shape index (κ3) is 2.15. The fraction of sp³-hybridized carbons (Fsp3) is 0.556. The van der Waals surface area contributed by atoms with Crippen molar-refractivity contribution in [3.05, 3.63) is 17.7 Å². The Kier molecular flexibility index (Phi) is 3.64. The first-order valence-corrected chi connectivity index (χ1v) is 4.19. The Hall–Kier alpha value is -1.16. The molecular formula is C9H14N2O2. The van der Waals surface area contributed by atoms with Gasteiger partial charge in [-0.3, -0.25) is 0 Å². The SMILES string of the molecule is CCc1ncnc(COC)c1OC. The van der Waals surface area contributed by atoms with Gasteiger partial charge >= 0.3 is 0 Å². The third-order valence-electron chi connectivity index (χ3n) is 1.77. The number of hydrogen-bond acceptors (Lipinski definition) is 4. The minimum atomic E-state index is 0.457. The number of methoxy groups -OCH3 is 2. The average molecular weight is 182 g/mol. The zero-order valence-electron chi connectivity index (χ0n) is 8.20. The maximum atomic E-state index is 5.21. The number of nitrogens with zero attached hydrogens (tertiary/aromatic N) is 2. The summed E-state index contributed by atoms with van der Waals surface area (Å²) in [6.45, 7) is 2.49. The molecule has 4 heteroatoms. The summed E-state index contributed by atoms with van der Waals surface area (Å²) >= 11 is 0. The molecule has 72 valence electrons. The second-order valence-corrected chi connectivity index (χ2v) is 2.59. The molecule has 13 heavy (non-hydrogen) atoms. The van der Waals surface area contributed by atoms with Crippen molar-refractivity contribution in [2.75, 3.05) is 14.2 Å². The monoisotopic (exact) mass is 182 g/mol. The van der Waals surface area contributed by atoms with E-state index in [1.807, 2.05) is 6.92 Å². The Morgan fingerprint density at radius 1 is 1.23 bits per heavy atom. The summed E-state index contributed by atoms with van der Waals surface area (Å²) in [5.41, 5.74) is 1.72. The van der Waals surface area contributed by atoms with E-state index in [0.29, 0.717) is 6.61 Å². The highest BCUT2D eigenvalue weighted by atomic mass is 16.5. The predicted octanol–water partition coefficient (Wildman–Crippen LogP) is 1.19. The Morgan fingerprint density at radius 2 is 1.92 bits per heavy atom. The number of rotatable bonds is 4. The zero-order chi connectivity index (χ0) is 9.68. The van der Waals surface area contributed by atoms with Gasteiger partial charge in [0, 0.05) is 7.11 Å². The van der Waals surface area contributed by atoms with Crippen LogP contribution in [0.3, 0.4) is 0 Å². The van der Waals surface area contributed by atoms with Crippen LogP contribution < -0.4 is 4.74 Å². The van der Waals surface area contributed by atoms with Gasteiger partial charge in [-0.15, -0.1) is 0 Å². The molecule has 4 nitrogen and oxygen atoms in total. The summed E-state index contributed by atoms with van der Waals surface area (Å²) in [6, 6.07) is 0. The van der Waals surface area contributed by atoms with Crippen LogP contribution in [-0.2, 0) is 17.8 Å². The molecule has 0 radical (unpaired) electrons. The van der Waals surface area contributed by atoms with Gasteiger partial charge < -0.3 is 9.47 Å². The van der Waals surface area contributed by atoms with Crippen LogP contribution in [0.15, 0.2) is 6.33 Å². The Labute approximate surface area is 77.9 Å². The van der Waals surface area contributed by atoms with E-state index in [0.717, 1.165) is 23.6 Å². The minimum Gasteiger partial charge on any atom is -0.493 e. The van der Waals surface area contributed by atoms with Crippen molar-refractivity contribution in [1.82, 2.24) is 9.97 Å². The minimum absolute atomic E-state index is 0.457. The Morgan fingerprint density at radius 3 is 2.46 bits per heavy atom. The van der Waals surface area contributed by atoms with Crippen molar-refractivity contribution < 1.29 is 9.47 Å². The van der Waals surface area contributed by atoms with Crippen molar-refractivity contribution >= 4 is 0 Å². The number of aromatic nitrogens is 2. The second-order valence-electron chi connectivity index (χ2n) is 2.59. The van der Waals surface area contributed by atoms with Crippen molar-refractivity contribution in [2.45, 2.75) is 20.0 Å². The van der Waals surface area contributed by atoms with E-state index in [1.165, 1.54) is 6.33 Å². The molecular weight excluding hydrogens is 168 g/mol. The lowest BCUT2D eigenvalue weighted by Gasteiger charge is -2.09. The molecule has 1 aromatic rings. The highest BCUT2D eigenvalue weighted by Crippen LogP contribution is 2.20. The van der Waals surface area contributed by atoms with Crippen LogP contribution in [0.25, 0.3) is 0 Å². The Bertz CT molecular complexity index is 276. The number of aryl methyl sites for hydroxylation is 1. The van der Waals surface area contributed by atoms with Crippen LogP contribution in [0.5, 0.6) is 5.75 Å². The molecule has 0 aliphatic carbocycles. The fourth-order valence-corrected chi connectivity index (χ4v) is 1.18. The van der Waals surface area contributed by atoms with Crippen LogP contribution >= 0.6 is 0 Å². The van der Waals surface area contributed by atoms with Crippen molar-refractivity contribution in [1.29, 1.82) is 0 Å². The summed E-state index contributed by atoms with van der Waals surface area (Å²) in [4.78, 5) is 8.21. The molecule has 0 bridgehead atoms. The first kappa shape index (κ1) is 9.92. The molecule has 0 unspecified atom stereocenters. The highest BCUT2D eigenvalue weighted by Gasteiger charge is 2.09. The third-order valence-corrected chi connectivity index (χ3v) is 1.77. The molecule has 0 aliphatic heterocycles. The lowest BCUT2D eigenvalue weighted by molar-refractivity contribution is 0.177. The molecule has 0 aliphatic rings. The van der Waals surface area contributed by atoms with E-state index in [-0.39, 0.29) is 0 Å². The van der Waals surface area contributed by atoms with Gasteiger partial charge in [-0.1, -0.05) is 6.92 Å². The van der Waals surface area contributed by atoms with Gasteiger partial charge in [0.15, 0.2) is 5.75 Å². The number of hydrogen-bond donors (Lipinski definition) is 0. The molecule has 0 amide bonds. The van der Waals surface area contributed by atoms with E-state index in [9.17, 15) is 0 Å². The molecule has 0 aromatic carbocycles. The maximum Gasteiger partial charge on any atom is 0.164 e. The van der Waals surface area contributed by atoms with Crippen LogP contribution in [0.4, 0.5) is 0 Å².